The molecule has 35 heavy (non-hydrogen) atoms. The van der Waals surface area contributed by atoms with E-state index < -0.39 is 21.6 Å². The van der Waals surface area contributed by atoms with Gasteiger partial charge in [0.1, 0.15) is 12.4 Å². The van der Waals surface area contributed by atoms with Crippen molar-refractivity contribution >= 4 is 15.7 Å². The second-order valence-corrected chi connectivity index (χ2v) is 11.2. The van der Waals surface area contributed by atoms with Crippen molar-refractivity contribution in [2.24, 2.45) is 0 Å². The predicted octanol–water partition coefficient (Wildman–Crippen LogP) is 4.26. The van der Waals surface area contributed by atoms with Gasteiger partial charge in [0.05, 0.1) is 11.3 Å². The Balaban J connectivity index is 1.61. The SMILES string of the molecule is Cc1c(OCCS(C)(=O)=O)ccc(C(C)N2CCN(C(=O)c3ccc(C(F)(F)F)cc3)CC2)c1C. The molecular formula is C25H31F3N2O4S. The normalized spacial score (nSPS) is 16.3. The molecule has 0 saturated carbocycles. The van der Waals surface area contributed by atoms with Crippen molar-refractivity contribution in [2.75, 3.05) is 44.8 Å². The monoisotopic (exact) mass is 512 g/mol. The number of carbonyl (C=O) groups excluding carboxylic acids is 1. The fraction of sp³-hybridized carbons (Fsp3) is 0.480. The van der Waals surface area contributed by atoms with Gasteiger partial charge in [-0.15, -0.1) is 0 Å². The highest BCUT2D eigenvalue weighted by atomic mass is 32.2. The molecule has 2 aromatic rings. The van der Waals surface area contributed by atoms with Crippen molar-refractivity contribution in [2.45, 2.75) is 33.0 Å². The van der Waals surface area contributed by atoms with Crippen LogP contribution in [0.2, 0.25) is 0 Å². The Labute approximate surface area is 204 Å². The molecule has 1 unspecified atom stereocenters. The molecule has 1 saturated heterocycles. The molecule has 3 rings (SSSR count). The van der Waals surface area contributed by atoms with Crippen LogP contribution < -0.4 is 4.74 Å². The maximum Gasteiger partial charge on any atom is 0.416 e. The van der Waals surface area contributed by atoms with Crippen LogP contribution in [-0.2, 0) is 16.0 Å². The lowest BCUT2D eigenvalue weighted by Crippen LogP contribution is -2.49. The van der Waals surface area contributed by atoms with E-state index in [0.717, 1.165) is 28.8 Å². The van der Waals surface area contributed by atoms with Crippen LogP contribution in [0.25, 0.3) is 0 Å². The molecule has 0 bridgehead atoms. The van der Waals surface area contributed by atoms with Crippen LogP contribution in [0.15, 0.2) is 36.4 Å². The van der Waals surface area contributed by atoms with Crippen LogP contribution in [0.1, 0.15) is 45.6 Å². The van der Waals surface area contributed by atoms with E-state index in [4.69, 9.17) is 4.74 Å². The first-order valence-electron chi connectivity index (χ1n) is 11.4. The number of carbonyl (C=O) groups is 1. The van der Waals surface area contributed by atoms with E-state index in [1.54, 1.807) is 4.90 Å². The highest BCUT2D eigenvalue weighted by Gasteiger charge is 2.31. The molecule has 1 heterocycles. The van der Waals surface area contributed by atoms with E-state index in [9.17, 15) is 26.4 Å². The molecule has 10 heteroatoms. The minimum absolute atomic E-state index is 0.0425. The number of piperazine rings is 1. The third-order valence-corrected chi connectivity index (χ3v) is 7.46. The van der Waals surface area contributed by atoms with Crippen LogP contribution in [0.4, 0.5) is 13.2 Å². The molecule has 0 aliphatic carbocycles. The van der Waals surface area contributed by atoms with Crippen LogP contribution in [-0.4, -0.2) is 68.9 Å². The number of sulfone groups is 1. The molecule has 0 N–H and O–H groups in total. The van der Waals surface area contributed by atoms with Crippen LogP contribution in [0.5, 0.6) is 5.75 Å². The standard InChI is InChI=1S/C25H31F3N2O4S/c1-17-18(2)23(34-15-16-35(4,32)33)10-9-22(17)19(3)29-11-13-30(14-12-29)24(31)20-5-7-21(8-6-20)25(26,27)28/h5-10,19H,11-16H2,1-4H3. The minimum atomic E-state index is -4.43. The molecule has 1 aliphatic heterocycles. The van der Waals surface area contributed by atoms with Gasteiger partial charge in [0, 0.05) is 44.0 Å². The number of ether oxygens (including phenoxy) is 1. The smallest absolute Gasteiger partial charge is 0.416 e. The summed E-state index contributed by atoms with van der Waals surface area (Å²) in [7, 11) is -3.09. The number of amides is 1. The molecule has 0 spiro atoms. The molecule has 0 aromatic heterocycles. The van der Waals surface area contributed by atoms with Gasteiger partial charge in [-0.1, -0.05) is 6.07 Å². The Morgan fingerprint density at radius 3 is 2.14 bits per heavy atom. The fourth-order valence-corrected chi connectivity index (χ4v) is 4.61. The fourth-order valence-electron chi connectivity index (χ4n) is 4.22. The summed E-state index contributed by atoms with van der Waals surface area (Å²) in [6.07, 6.45) is -3.25. The van der Waals surface area contributed by atoms with Crippen LogP contribution in [0.3, 0.4) is 0 Å². The van der Waals surface area contributed by atoms with Gasteiger partial charge >= 0.3 is 6.18 Å². The maximum atomic E-state index is 12.8. The second kappa shape index (κ2) is 10.6. The van der Waals surface area contributed by atoms with E-state index in [2.05, 4.69) is 11.8 Å². The second-order valence-electron chi connectivity index (χ2n) is 8.96. The topological polar surface area (TPSA) is 66.9 Å². The van der Waals surface area contributed by atoms with Gasteiger partial charge in [-0.2, -0.15) is 13.2 Å². The third kappa shape index (κ3) is 6.76. The maximum absolute atomic E-state index is 12.8. The number of halogens is 3. The summed E-state index contributed by atoms with van der Waals surface area (Å²) < 4.78 is 66.7. The summed E-state index contributed by atoms with van der Waals surface area (Å²) in [5, 5.41) is 0. The Hall–Kier alpha value is -2.59. The number of hydrogen-bond acceptors (Lipinski definition) is 5. The largest absolute Gasteiger partial charge is 0.492 e. The lowest BCUT2D eigenvalue weighted by Gasteiger charge is -2.39. The van der Waals surface area contributed by atoms with E-state index in [-0.39, 0.29) is 29.9 Å². The quantitative estimate of drug-likeness (QED) is 0.555. The number of rotatable bonds is 7. The summed E-state index contributed by atoms with van der Waals surface area (Å²) in [6, 6.07) is 8.26. The Morgan fingerprint density at radius 2 is 1.60 bits per heavy atom. The lowest BCUT2D eigenvalue weighted by molar-refractivity contribution is -0.137. The van der Waals surface area contributed by atoms with E-state index in [1.165, 1.54) is 18.4 Å². The zero-order valence-electron chi connectivity index (χ0n) is 20.4. The minimum Gasteiger partial charge on any atom is -0.492 e. The molecule has 192 valence electrons. The lowest BCUT2D eigenvalue weighted by atomic mass is 9.96. The van der Waals surface area contributed by atoms with Crippen molar-refractivity contribution < 1.29 is 31.1 Å². The molecule has 1 fully saturated rings. The van der Waals surface area contributed by atoms with Crippen LogP contribution in [0, 0.1) is 13.8 Å². The molecule has 0 radical (unpaired) electrons. The predicted molar refractivity (Wildman–Crippen MR) is 128 cm³/mol. The van der Waals surface area contributed by atoms with Crippen molar-refractivity contribution in [1.82, 2.24) is 9.80 Å². The molecule has 6 nitrogen and oxygen atoms in total. The van der Waals surface area contributed by atoms with Gasteiger partial charge in [-0.3, -0.25) is 9.69 Å². The molecule has 2 aromatic carbocycles. The first kappa shape index (κ1) is 27.0. The summed E-state index contributed by atoms with van der Waals surface area (Å²) in [4.78, 5) is 16.7. The molecule has 1 amide bonds. The Kier molecular flexibility index (Phi) is 8.16. The Morgan fingerprint density at radius 1 is 1.00 bits per heavy atom. The zero-order valence-corrected chi connectivity index (χ0v) is 21.2. The van der Waals surface area contributed by atoms with E-state index in [1.807, 2.05) is 26.0 Å². The summed E-state index contributed by atoms with van der Waals surface area (Å²) in [5.41, 5.74) is 2.62. The highest BCUT2D eigenvalue weighted by Crippen LogP contribution is 2.32. The van der Waals surface area contributed by atoms with Crippen LogP contribution >= 0.6 is 0 Å². The van der Waals surface area contributed by atoms with Gasteiger partial charge in [0.15, 0.2) is 9.84 Å². The van der Waals surface area contributed by atoms with Crippen molar-refractivity contribution in [3.63, 3.8) is 0 Å². The number of nitrogens with zero attached hydrogens (tertiary/aromatic N) is 2. The van der Waals surface area contributed by atoms with E-state index in [0.29, 0.717) is 31.9 Å². The average molecular weight is 513 g/mol. The highest BCUT2D eigenvalue weighted by molar-refractivity contribution is 7.90. The third-order valence-electron chi connectivity index (χ3n) is 6.55. The average Bonchev–Trinajstić information content (AvgIpc) is 2.80. The Bertz CT molecular complexity index is 1160. The zero-order chi connectivity index (χ0) is 26.0. The van der Waals surface area contributed by atoms with Gasteiger partial charge < -0.3 is 9.64 Å². The van der Waals surface area contributed by atoms with Gasteiger partial charge in [-0.25, -0.2) is 8.42 Å². The van der Waals surface area contributed by atoms with Gasteiger partial charge in [0.25, 0.3) is 5.91 Å². The van der Waals surface area contributed by atoms with Gasteiger partial charge in [-0.05, 0) is 67.8 Å². The van der Waals surface area contributed by atoms with Gasteiger partial charge in [0.2, 0.25) is 0 Å². The summed E-state index contributed by atoms with van der Waals surface area (Å²) >= 11 is 0. The number of hydrogen-bond donors (Lipinski definition) is 0. The van der Waals surface area contributed by atoms with Crippen molar-refractivity contribution in [3.05, 3.63) is 64.2 Å². The molecular weight excluding hydrogens is 481 g/mol. The van der Waals surface area contributed by atoms with E-state index >= 15 is 0 Å². The summed E-state index contributed by atoms with van der Waals surface area (Å²) in [5.74, 6) is 0.349. The first-order valence-corrected chi connectivity index (χ1v) is 13.4. The first-order chi connectivity index (χ1) is 16.3. The molecule has 1 aliphatic rings. The molecule has 1 atom stereocenters. The summed E-state index contributed by atoms with van der Waals surface area (Å²) in [6.45, 7) is 8.39. The number of benzene rings is 2. The van der Waals surface area contributed by atoms with Crippen molar-refractivity contribution in [1.29, 1.82) is 0 Å². The van der Waals surface area contributed by atoms with Crippen molar-refractivity contribution in [3.8, 4) is 5.75 Å². The number of alkyl halides is 3.